The summed E-state index contributed by atoms with van der Waals surface area (Å²) >= 11 is 0. The largest absolute Gasteiger partial charge is 0.346 e. The predicted octanol–water partition coefficient (Wildman–Crippen LogP) is 1.45. The fraction of sp³-hybridized carbons (Fsp3) is 0.438. The Bertz CT molecular complexity index is 666. The minimum absolute atomic E-state index is 0.144. The van der Waals surface area contributed by atoms with Crippen LogP contribution in [0.15, 0.2) is 30.5 Å². The van der Waals surface area contributed by atoms with Gasteiger partial charge in [-0.3, -0.25) is 4.79 Å². The van der Waals surface area contributed by atoms with Crippen LogP contribution >= 0.6 is 0 Å². The molecule has 0 saturated carbocycles. The maximum atomic E-state index is 12.3. The molecule has 116 valence electrons. The zero-order chi connectivity index (χ0) is 15.5. The molecule has 0 radical (unpaired) electrons. The lowest BCUT2D eigenvalue weighted by atomic mass is 10.00. The maximum Gasteiger partial charge on any atom is 0.273 e. The van der Waals surface area contributed by atoms with Crippen molar-refractivity contribution in [3.05, 3.63) is 41.7 Å². The van der Waals surface area contributed by atoms with Crippen molar-refractivity contribution in [3.63, 3.8) is 0 Å². The van der Waals surface area contributed by atoms with Crippen molar-refractivity contribution < 1.29 is 4.79 Å². The molecule has 1 fully saturated rings. The maximum absolute atomic E-state index is 12.3. The number of piperidine rings is 1. The standard InChI is InChI=1S/C16H21N5O/c1-11-5-3-6-13(9-11)21-10-15(19-20-21)16(22)18-14-7-4-8-17-12(14)2/h3,5-6,9-10,12,14,17H,4,7-8H2,1-2H3,(H,18,22). The number of hydrogen-bond donors (Lipinski definition) is 2. The number of carbonyl (C=O) groups excluding carboxylic acids is 1. The highest BCUT2D eigenvalue weighted by Gasteiger charge is 2.24. The van der Waals surface area contributed by atoms with Crippen LogP contribution in [0.4, 0.5) is 0 Å². The number of rotatable bonds is 3. The molecule has 2 unspecified atom stereocenters. The van der Waals surface area contributed by atoms with Crippen molar-refractivity contribution in [2.45, 2.75) is 38.8 Å². The van der Waals surface area contributed by atoms with Crippen LogP contribution in [0.5, 0.6) is 0 Å². The molecule has 2 atom stereocenters. The van der Waals surface area contributed by atoms with Gasteiger partial charge in [0.1, 0.15) is 0 Å². The predicted molar refractivity (Wildman–Crippen MR) is 84.0 cm³/mol. The smallest absolute Gasteiger partial charge is 0.273 e. The topological polar surface area (TPSA) is 71.8 Å². The van der Waals surface area contributed by atoms with Crippen molar-refractivity contribution in [2.24, 2.45) is 0 Å². The molecule has 1 aliphatic rings. The number of hydrogen-bond acceptors (Lipinski definition) is 4. The van der Waals surface area contributed by atoms with E-state index in [1.807, 2.05) is 31.2 Å². The Morgan fingerprint density at radius 3 is 3.09 bits per heavy atom. The molecule has 6 heteroatoms. The monoisotopic (exact) mass is 299 g/mol. The Balaban J connectivity index is 1.71. The van der Waals surface area contributed by atoms with Crippen LogP contribution in [0.3, 0.4) is 0 Å². The number of carbonyl (C=O) groups is 1. The summed E-state index contributed by atoms with van der Waals surface area (Å²) in [5.41, 5.74) is 2.39. The van der Waals surface area contributed by atoms with Crippen LogP contribution in [-0.4, -0.2) is 39.5 Å². The third-order valence-electron chi connectivity index (χ3n) is 4.07. The molecule has 3 rings (SSSR count). The van der Waals surface area contributed by atoms with Gasteiger partial charge >= 0.3 is 0 Å². The summed E-state index contributed by atoms with van der Waals surface area (Å²) in [6.07, 6.45) is 3.74. The first-order valence-electron chi connectivity index (χ1n) is 7.67. The molecular weight excluding hydrogens is 278 g/mol. The molecule has 1 aromatic carbocycles. The van der Waals surface area contributed by atoms with Gasteiger partial charge in [0.05, 0.1) is 11.9 Å². The van der Waals surface area contributed by atoms with Gasteiger partial charge in [-0.15, -0.1) is 5.10 Å². The molecular formula is C16H21N5O. The lowest BCUT2D eigenvalue weighted by Gasteiger charge is -2.30. The molecule has 22 heavy (non-hydrogen) atoms. The second-order valence-corrected chi connectivity index (χ2v) is 5.85. The highest BCUT2D eigenvalue weighted by Crippen LogP contribution is 2.11. The molecule has 1 saturated heterocycles. The molecule has 0 spiro atoms. The normalized spacial score (nSPS) is 21.5. The molecule has 1 aromatic heterocycles. The van der Waals surface area contributed by atoms with Crippen molar-refractivity contribution >= 4 is 5.91 Å². The molecule has 0 bridgehead atoms. The highest BCUT2D eigenvalue weighted by molar-refractivity contribution is 5.92. The van der Waals surface area contributed by atoms with Crippen LogP contribution in [0, 0.1) is 6.92 Å². The molecule has 2 N–H and O–H groups in total. The minimum Gasteiger partial charge on any atom is -0.346 e. The zero-order valence-corrected chi connectivity index (χ0v) is 12.9. The third-order valence-corrected chi connectivity index (χ3v) is 4.07. The second-order valence-electron chi connectivity index (χ2n) is 5.85. The number of nitrogens with one attached hydrogen (secondary N) is 2. The van der Waals surface area contributed by atoms with Crippen LogP contribution in [0.1, 0.15) is 35.8 Å². The van der Waals surface area contributed by atoms with Gasteiger partial charge in [0.15, 0.2) is 5.69 Å². The van der Waals surface area contributed by atoms with E-state index in [1.54, 1.807) is 10.9 Å². The van der Waals surface area contributed by atoms with E-state index in [0.29, 0.717) is 5.69 Å². The number of aryl methyl sites for hydroxylation is 1. The number of aromatic nitrogens is 3. The van der Waals surface area contributed by atoms with Crippen molar-refractivity contribution in [1.29, 1.82) is 0 Å². The van der Waals surface area contributed by atoms with Gasteiger partial charge in [0, 0.05) is 12.1 Å². The first-order valence-corrected chi connectivity index (χ1v) is 7.67. The van der Waals surface area contributed by atoms with Gasteiger partial charge in [0.25, 0.3) is 5.91 Å². The van der Waals surface area contributed by atoms with Crippen LogP contribution < -0.4 is 10.6 Å². The summed E-state index contributed by atoms with van der Waals surface area (Å²) in [4.78, 5) is 12.3. The van der Waals surface area contributed by atoms with Crippen LogP contribution in [-0.2, 0) is 0 Å². The van der Waals surface area contributed by atoms with Crippen molar-refractivity contribution in [1.82, 2.24) is 25.6 Å². The van der Waals surface area contributed by atoms with E-state index in [0.717, 1.165) is 30.6 Å². The van der Waals surface area contributed by atoms with E-state index >= 15 is 0 Å². The summed E-state index contributed by atoms with van der Waals surface area (Å²) in [7, 11) is 0. The Hall–Kier alpha value is -2.21. The Morgan fingerprint density at radius 2 is 2.32 bits per heavy atom. The average Bonchev–Trinajstić information content (AvgIpc) is 2.99. The summed E-state index contributed by atoms with van der Waals surface area (Å²) in [5, 5.41) is 14.5. The average molecular weight is 299 g/mol. The van der Waals surface area contributed by atoms with Gasteiger partial charge in [-0.25, -0.2) is 4.68 Å². The fourth-order valence-electron chi connectivity index (χ4n) is 2.75. The van der Waals surface area contributed by atoms with E-state index in [-0.39, 0.29) is 18.0 Å². The van der Waals surface area contributed by atoms with Gasteiger partial charge in [-0.2, -0.15) is 0 Å². The number of amides is 1. The van der Waals surface area contributed by atoms with E-state index < -0.39 is 0 Å². The van der Waals surface area contributed by atoms with Gasteiger partial charge in [-0.1, -0.05) is 17.3 Å². The van der Waals surface area contributed by atoms with E-state index in [9.17, 15) is 4.79 Å². The number of benzene rings is 1. The van der Waals surface area contributed by atoms with E-state index in [2.05, 4.69) is 27.9 Å². The molecule has 0 aliphatic carbocycles. The second kappa shape index (κ2) is 6.27. The fourth-order valence-corrected chi connectivity index (χ4v) is 2.75. The van der Waals surface area contributed by atoms with E-state index in [1.165, 1.54) is 0 Å². The van der Waals surface area contributed by atoms with Gasteiger partial charge < -0.3 is 10.6 Å². The summed E-state index contributed by atoms with van der Waals surface area (Å²) < 4.78 is 1.63. The Morgan fingerprint density at radius 1 is 1.45 bits per heavy atom. The van der Waals surface area contributed by atoms with Crippen LogP contribution in [0.2, 0.25) is 0 Å². The lowest BCUT2D eigenvalue weighted by Crippen LogP contribution is -2.51. The highest BCUT2D eigenvalue weighted by atomic mass is 16.2. The molecule has 2 aromatic rings. The summed E-state index contributed by atoms with van der Waals surface area (Å²) in [6, 6.07) is 8.35. The first kappa shape index (κ1) is 14.7. The molecule has 1 aliphatic heterocycles. The quantitative estimate of drug-likeness (QED) is 0.900. The molecule has 1 amide bonds. The number of nitrogens with zero attached hydrogens (tertiary/aromatic N) is 3. The third kappa shape index (κ3) is 3.17. The Kier molecular flexibility index (Phi) is 4.20. The van der Waals surface area contributed by atoms with Gasteiger partial charge in [-0.05, 0) is 50.9 Å². The lowest BCUT2D eigenvalue weighted by molar-refractivity contribution is 0.0914. The zero-order valence-electron chi connectivity index (χ0n) is 12.9. The first-order chi connectivity index (χ1) is 10.6. The van der Waals surface area contributed by atoms with Gasteiger partial charge in [0.2, 0.25) is 0 Å². The van der Waals surface area contributed by atoms with Crippen molar-refractivity contribution in [2.75, 3.05) is 6.54 Å². The Labute approximate surface area is 129 Å². The minimum atomic E-state index is -0.167. The van der Waals surface area contributed by atoms with Crippen molar-refractivity contribution in [3.8, 4) is 5.69 Å². The summed E-state index contributed by atoms with van der Waals surface area (Å²) in [5.74, 6) is -0.167. The molecule has 2 heterocycles. The SMILES string of the molecule is Cc1cccc(-n2cc(C(=O)NC3CCCNC3C)nn2)c1. The molecule has 6 nitrogen and oxygen atoms in total. The summed E-state index contributed by atoms with van der Waals surface area (Å²) in [6.45, 7) is 5.12. The van der Waals surface area contributed by atoms with Crippen LogP contribution in [0.25, 0.3) is 5.69 Å². The van der Waals surface area contributed by atoms with E-state index in [4.69, 9.17) is 0 Å².